The van der Waals surface area contributed by atoms with E-state index in [1.807, 2.05) is 0 Å². The number of rotatable bonds is 2. The van der Waals surface area contributed by atoms with Crippen LogP contribution in [0.1, 0.15) is 24.5 Å². The standard InChI is InChI=1S/C11H14ClNO2/c12-10-7-13-4-1-9(10)11(14)8-2-5-15-6-3-8/h1,4,7-8,11,14H,2-3,5-6H2/t11-/m0/s1. The van der Waals surface area contributed by atoms with E-state index in [2.05, 4.69) is 4.98 Å². The lowest BCUT2D eigenvalue weighted by Crippen LogP contribution is -2.22. The molecule has 1 aromatic rings. The topological polar surface area (TPSA) is 42.4 Å². The number of aromatic nitrogens is 1. The normalized spacial score (nSPS) is 20.1. The van der Waals surface area contributed by atoms with Crippen molar-refractivity contribution in [3.8, 4) is 0 Å². The van der Waals surface area contributed by atoms with Crippen molar-refractivity contribution in [3.05, 3.63) is 29.0 Å². The van der Waals surface area contributed by atoms with Crippen molar-refractivity contribution in [2.45, 2.75) is 18.9 Å². The smallest absolute Gasteiger partial charge is 0.0835 e. The molecule has 2 heterocycles. The van der Waals surface area contributed by atoms with Gasteiger partial charge in [0.1, 0.15) is 0 Å². The maximum atomic E-state index is 10.2. The average molecular weight is 228 g/mol. The highest BCUT2D eigenvalue weighted by atomic mass is 35.5. The second-order valence-corrected chi connectivity index (χ2v) is 4.20. The second-order valence-electron chi connectivity index (χ2n) is 3.79. The zero-order valence-electron chi connectivity index (χ0n) is 8.40. The highest BCUT2D eigenvalue weighted by Gasteiger charge is 2.24. The molecule has 1 aliphatic rings. The van der Waals surface area contributed by atoms with Gasteiger partial charge in [-0.05, 0) is 24.8 Å². The molecule has 0 aromatic carbocycles. The van der Waals surface area contributed by atoms with Crippen LogP contribution in [0, 0.1) is 5.92 Å². The van der Waals surface area contributed by atoms with Crippen molar-refractivity contribution in [1.82, 2.24) is 4.98 Å². The van der Waals surface area contributed by atoms with Crippen molar-refractivity contribution in [2.75, 3.05) is 13.2 Å². The highest BCUT2D eigenvalue weighted by Crippen LogP contribution is 2.32. The third-order valence-electron chi connectivity index (χ3n) is 2.83. The number of halogens is 1. The van der Waals surface area contributed by atoms with E-state index >= 15 is 0 Å². The quantitative estimate of drug-likeness (QED) is 0.842. The minimum absolute atomic E-state index is 0.249. The lowest BCUT2D eigenvalue weighted by molar-refractivity contribution is 0.00719. The van der Waals surface area contributed by atoms with Gasteiger partial charge in [-0.3, -0.25) is 4.98 Å². The van der Waals surface area contributed by atoms with Gasteiger partial charge in [-0.2, -0.15) is 0 Å². The molecule has 0 radical (unpaired) electrons. The number of aliphatic hydroxyl groups excluding tert-OH is 1. The van der Waals surface area contributed by atoms with Crippen LogP contribution in [-0.4, -0.2) is 23.3 Å². The Morgan fingerprint density at radius 1 is 1.47 bits per heavy atom. The Morgan fingerprint density at radius 2 is 2.20 bits per heavy atom. The zero-order chi connectivity index (χ0) is 10.7. The van der Waals surface area contributed by atoms with Crippen LogP contribution in [-0.2, 0) is 4.74 Å². The van der Waals surface area contributed by atoms with Gasteiger partial charge < -0.3 is 9.84 Å². The first kappa shape index (κ1) is 10.9. The molecule has 1 N–H and O–H groups in total. The SMILES string of the molecule is O[C@H](c1ccncc1Cl)C1CCOCC1. The first-order valence-electron chi connectivity index (χ1n) is 5.14. The van der Waals surface area contributed by atoms with E-state index in [4.69, 9.17) is 16.3 Å². The van der Waals surface area contributed by atoms with Gasteiger partial charge in [0.2, 0.25) is 0 Å². The molecule has 1 saturated heterocycles. The van der Waals surface area contributed by atoms with E-state index < -0.39 is 6.10 Å². The van der Waals surface area contributed by atoms with Gasteiger partial charge in [-0.15, -0.1) is 0 Å². The fourth-order valence-corrected chi connectivity index (χ4v) is 2.14. The molecule has 0 saturated carbocycles. The van der Waals surface area contributed by atoms with Gasteiger partial charge in [-0.1, -0.05) is 11.6 Å². The van der Waals surface area contributed by atoms with Crippen LogP contribution >= 0.6 is 11.6 Å². The van der Waals surface area contributed by atoms with E-state index in [9.17, 15) is 5.11 Å². The molecular weight excluding hydrogens is 214 g/mol. The highest BCUT2D eigenvalue weighted by molar-refractivity contribution is 6.31. The van der Waals surface area contributed by atoms with Crippen LogP contribution in [0.3, 0.4) is 0 Å². The molecule has 0 spiro atoms. The second kappa shape index (κ2) is 4.92. The van der Waals surface area contributed by atoms with Crippen molar-refractivity contribution in [3.63, 3.8) is 0 Å². The summed E-state index contributed by atoms with van der Waals surface area (Å²) in [5.41, 5.74) is 0.776. The Kier molecular flexibility index (Phi) is 3.57. The summed E-state index contributed by atoms with van der Waals surface area (Å²) in [6, 6.07) is 1.78. The Bertz CT molecular complexity index is 326. The van der Waals surface area contributed by atoms with Crippen LogP contribution in [0.5, 0.6) is 0 Å². The summed E-state index contributed by atoms with van der Waals surface area (Å²) >= 11 is 5.98. The Labute approximate surface area is 94.0 Å². The molecule has 1 atom stereocenters. The first-order valence-corrected chi connectivity index (χ1v) is 5.52. The molecule has 2 rings (SSSR count). The number of hydrogen-bond acceptors (Lipinski definition) is 3. The van der Waals surface area contributed by atoms with Gasteiger partial charge in [0, 0.05) is 31.2 Å². The minimum Gasteiger partial charge on any atom is -0.388 e. The van der Waals surface area contributed by atoms with Gasteiger partial charge >= 0.3 is 0 Å². The van der Waals surface area contributed by atoms with Crippen molar-refractivity contribution >= 4 is 11.6 Å². The lowest BCUT2D eigenvalue weighted by Gasteiger charge is -2.27. The Balaban J connectivity index is 2.12. The summed E-state index contributed by atoms with van der Waals surface area (Å²) in [5, 5.41) is 10.7. The van der Waals surface area contributed by atoms with Gasteiger partial charge in [-0.25, -0.2) is 0 Å². The van der Waals surface area contributed by atoms with E-state index in [-0.39, 0.29) is 5.92 Å². The summed E-state index contributed by atoms with van der Waals surface area (Å²) in [6.45, 7) is 1.45. The molecule has 0 unspecified atom stereocenters. The van der Waals surface area contributed by atoms with Crippen molar-refractivity contribution < 1.29 is 9.84 Å². The molecular formula is C11H14ClNO2. The van der Waals surface area contributed by atoms with Gasteiger partial charge in [0.15, 0.2) is 0 Å². The molecule has 1 fully saturated rings. The summed E-state index contributed by atoms with van der Waals surface area (Å²) in [4.78, 5) is 3.90. The van der Waals surface area contributed by atoms with Crippen LogP contribution in [0.4, 0.5) is 0 Å². The largest absolute Gasteiger partial charge is 0.388 e. The van der Waals surface area contributed by atoms with Crippen LogP contribution in [0.15, 0.2) is 18.5 Å². The summed E-state index contributed by atoms with van der Waals surface area (Å²) in [7, 11) is 0. The van der Waals surface area contributed by atoms with Gasteiger partial charge in [0.05, 0.1) is 11.1 Å². The summed E-state index contributed by atoms with van der Waals surface area (Å²) < 4.78 is 5.26. The number of pyridine rings is 1. The predicted octanol–water partition coefficient (Wildman–Crippen LogP) is 2.20. The molecule has 0 amide bonds. The molecule has 0 bridgehead atoms. The van der Waals surface area contributed by atoms with Crippen molar-refractivity contribution in [1.29, 1.82) is 0 Å². The maximum absolute atomic E-state index is 10.2. The molecule has 4 heteroatoms. The minimum atomic E-state index is -0.496. The van der Waals surface area contributed by atoms with Crippen LogP contribution < -0.4 is 0 Å². The molecule has 1 aromatic heterocycles. The molecule has 3 nitrogen and oxygen atoms in total. The molecule has 15 heavy (non-hydrogen) atoms. The zero-order valence-corrected chi connectivity index (χ0v) is 9.15. The Hall–Kier alpha value is -0.640. The summed E-state index contributed by atoms with van der Waals surface area (Å²) in [6.07, 6.45) is 4.51. The number of nitrogens with zero attached hydrogens (tertiary/aromatic N) is 1. The van der Waals surface area contributed by atoms with E-state index in [0.29, 0.717) is 5.02 Å². The fourth-order valence-electron chi connectivity index (χ4n) is 1.91. The number of ether oxygens (including phenoxy) is 1. The fraction of sp³-hybridized carbons (Fsp3) is 0.545. The summed E-state index contributed by atoms with van der Waals surface area (Å²) in [5.74, 6) is 0.249. The van der Waals surface area contributed by atoms with E-state index in [0.717, 1.165) is 31.6 Å². The van der Waals surface area contributed by atoms with Crippen LogP contribution in [0.25, 0.3) is 0 Å². The lowest BCUT2D eigenvalue weighted by atomic mass is 9.90. The molecule has 1 aliphatic heterocycles. The Morgan fingerprint density at radius 3 is 2.87 bits per heavy atom. The monoisotopic (exact) mass is 227 g/mol. The number of hydrogen-bond donors (Lipinski definition) is 1. The third kappa shape index (κ3) is 2.48. The van der Waals surface area contributed by atoms with Crippen LogP contribution in [0.2, 0.25) is 5.02 Å². The third-order valence-corrected chi connectivity index (χ3v) is 3.15. The van der Waals surface area contributed by atoms with Crippen molar-refractivity contribution in [2.24, 2.45) is 5.92 Å². The van der Waals surface area contributed by atoms with Gasteiger partial charge in [0.25, 0.3) is 0 Å². The predicted molar refractivity (Wildman–Crippen MR) is 57.7 cm³/mol. The average Bonchev–Trinajstić information content (AvgIpc) is 2.30. The maximum Gasteiger partial charge on any atom is 0.0835 e. The van der Waals surface area contributed by atoms with E-state index in [1.54, 1.807) is 18.5 Å². The molecule has 0 aliphatic carbocycles. The molecule has 82 valence electrons. The number of aliphatic hydroxyl groups is 1. The first-order chi connectivity index (χ1) is 7.29. The van der Waals surface area contributed by atoms with E-state index in [1.165, 1.54) is 0 Å².